The van der Waals surface area contributed by atoms with E-state index >= 15 is 0 Å². The minimum absolute atomic E-state index is 0.0571. The molecular formula is C27H26N2O5S. The van der Waals surface area contributed by atoms with Crippen molar-refractivity contribution < 1.29 is 22.4 Å². The van der Waals surface area contributed by atoms with E-state index < -0.39 is 26.7 Å². The zero-order valence-electron chi connectivity index (χ0n) is 19.5. The first-order valence-electron chi connectivity index (χ1n) is 11.7. The van der Waals surface area contributed by atoms with Crippen molar-refractivity contribution in [3.8, 4) is 17.2 Å². The molecule has 7 nitrogen and oxygen atoms in total. The summed E-state index contributed by atoms with van der Waals surface area (Å²) < 4.78 is 29.3. The average Bonchev–Trinajstić information content (AvgIpc) is 3.24. The zero-order chi connectivity index (χ0) is 24.8. The molecule has 35 heavy (non-hydrogen) atoms. The third-order valence-electron chi connectivity index (χ3n) is 7.29. The van der Waals surface area contributed by atoms with Gasteiger partial charge in [0.25, 0.3) is 5.91 Å². The normalized spacial score (nSPS) is 18.2. The van der Waals surface area contributed by atoms with Gasteiger partial charge in [0.2, 0.25) is 0 Å². The number of hydrogen-bond acceptors (Lipinski definition) is 6. The van der Waals surface area contributed by atoms with E-state index in [0.717, 1.165) is 42.2 Å². The van der Waals surface area contributed by atoms with Gasteiger partial charge in [0.15, 0.2) is 21.4 Å². The van der Waals surface area contributed by atoms with E-state index in [1.54, 1.807) is 30.3 Å². The van der Waals surface area contributed by atoms with Gasteiger partial charge in [0.1, 0.15) is 5.58 Å². The maximum atomic E-state index is 13.2. The molecule has 1 aromatic heterocycles. The van der Waals surface area contributed by atoms with E-state index in [0.29, 0.717) is 18.4 Å². The Morgan fingerprint density at radius 1 is 1.00 bits per heavy atom. The van der Waals surface area contributed by atoms with Gasteiger partial charge in [-0.3, -0.25) is 9.59 Å². The summed E-state index contributed by atoms with van der Waals surface area (Å²) in [7, 11) is -3.28. The minimum Gasteiger partial charge on any atom is -0.451 e. The number of carbonyl (C=O) groups excluding carboxylic acids is 2. The van der Waals surface area contributed by atoms with Gasteiger partial charge in [-0.1, -0.05) is 37.1 Å². The molecule has 2 fully saturated rings. The number of sulfone groups is 1. The Morgan fingerprint density at radius 3 is 2.26 bits per heavy atom. The third-order valence-corrected chi connectivity index (χ3v) is 8.42. The standard InChI is InChI=1S/C27H26N2O5S/c1-35(32,33)21-8-6-18(7-9-21)19-4-5-20-15-23(34-22(20)14-19)25(31)29-27(10-2-3-11-27)24(30)16-26(17-28)12-13-26/h4-9,14-15H,2-3,10-13,16H2,1H3,(H,29,31). The summed E-state index contributed by atoms with van der Waals surface area (Å²) in [5.41, 5.74) is 0.686. The highest BCUT2D eigenvalue weighted by molar-refractivity contribution is 7.90. The predicted molar refractivity (Wildman–Crippen MR) is 130 cm³/mol. The van der Waals surface area contributed by atoms with Crippen molar-refractivity contribution in [1.82, 2.24) is 5.32 Å². The van der Waals surface area contributed by atoms with Gasteiger partial charge in [-0.2, -0.15) is 5.26 Å². The number of fused-ring (bicyclic) bond motifs is 1. The molecular weight excluding hydrogens is 464 g/mol. The van der Waals surface area contributed by atoms with E-state index in [9.17, 15) is 23.3 Å². The molecule has 5 rings (SSSR count). The lowest BCUT2D eigenvalue weighted by Crippen LogP contribution is -2.53. The fourth-order valence-electron chi connectivity index (χ4n) is 4.90. The highest BCUT2D eigenvalue weighted by Crippen LogP contribution is 2.50. The van der Waals surface area contributed by atoms with Gasteiger partial charge in [-0.05, 0) is 61.1 Å². The molecule has 0 bridgehead atoms. The number of ketones is 1. The summed E-state index contributed by atoms with van der Waals surface area (Å²) in [5.74, 6) is -0.360. The van der Waals surface area contributed by atoms with Crippen LogP contribution >= 0.6 is 0 Å². The van der Waals surface area contributed by atoms with Crippen LogP contribution in [0.25, 0.3) is 22.1 Å². The monoisotopic (exact) mass is 490 g/mol. The highest BCUT2D eigenvalue weighted by atomic mass is 32.2. The van der Waals surface area contributed by atoms with Crippen LogP contribution in [0.4, 0.5) is 0 Å². The lowest BCUT2D eigenvalue weighted by Gasteiger charge is -2.29. The first-order valence-corrected chi connectivity index (χ1v) is 13.6. The van der Waals surface area contributed by atoms with Crippen LogP contribution in [0, 0.1) is 16.7 Å². The number of rotatable bonds is 7. The number of nitrogens with zero attached hydrogens (tertiary/aromatic N) is 1. The van der Waals surface area contributed by atoms with E-state index in [2.05, 4.69) is 11.4 Å². The lowest BCUT2D eigenvalue weighted by molar-refractivity contribution is -0.125. The molecule has 0 atom stereocenters. The van der Waals surface area contributed by atoms with Crippen molar-refractivity contribution in [2.24, 2.45) is 5.41 Å². The van der Waals surface area contributed by atoms with Gasteiger partial charge >= 0.3 is 0 Å². The SMILES string of the molecule is CS(=O)(=O)c1ccc(-c2ccc3cc(C(=O)NC4(C(=O)CC5(C#N)CC5)CCCC4)oc3c2)cc1. The number of amides is 1. The Hall–Kier alpha value is -3.44. The van der Waals surface area contributed by atoms with E-state index in [1.807, 2.05) is 18.2 Å². The largest absolute Gasteiger partial charge is 0.451 e. The first kappa shape index (κ1) is 23.3. The Bertz CT molecular complexity index is 1470. The maximum Gasteiger partial charge on any atom is 0.287 e. The molecule has 2 aromatic carbocycles. The fraction of sp³-hybridized carbons (Fsp3) is 0.370. The Labute approximate surface area is 204 Å². The van der Waals surface area contributed by atoms with Crippen LogP contribution in [-0.2, 0) is 14.6 Å². The molecule has 1 N–H and O–H groups in total. The first-order chi connectivity index (χ1) is 16.6. The molecule has 0 unspecified atom stereocenters. The summed E-state index contributed by atoms with van der Waals surface area (Å²) in [6.45, 7) is 0. The van der Waals surface area contributed by atoms with Crippen LogP contribution < -0.4 is 5.32 Å². The van der Waals surface area contributed by atoms with Crippen molar-refractivity contribution in [3.63, 3.8) is 0 Å². The van der Waals surface area contributed by atoms with E-state index in [1.165, 1.54) is 6.26 Å². The predicted octanol–water partition coefficient (Wildman–Crippen LogP) is 4.81. The molecule has 0 spiro atoms. The van der Waals surface area contributed by atoms with Crippen LogP contribution in [0.15, 0.2) is 57.8 Å². The van der Waals surface area contributed by atoms with E-state index in [-0.39, 0.29) is 22.9 Å². The quantitative estimate of drug-likeness (QED) is 0.508. The van der Waals surface area contributed by atoms with Crippen molar-refractivity contribution in [2.75, 3.05) is 6.26 Å². The number of furan rings is 1. The van der Waals surface area contributed by atoms with Crippen molar-refractivity contribution in [1.29, 1.82) is 5.26 Å². The lowest BCUT2D eigenvalue weighted by atomic mass is 9.85. The van der Waals surface area contributed by atoms with Crippen LogP contribution in [0.3, 0.4) is 0 Å². The summed E-state index contributed by atoms with van der Waals surface area (Å²) in [5, 5.41) is 13.1. The number of hydrogen-bond donors (Lipinski definition) is 1. The van der Waals surface area contributed by atoms with Crippen molar-refractivity contribution in [2.45, 2.75) is 55.4 Å². The fourth-order valence-corrected chi connectivity index (χ4v) is 5.53. The van der Waals surface area contributed by atoms with Crippen LogP contribution in [0.5, 0.6) is 0 Å². The minimum atomic E-state index is -3.28. The molecule has 180 valence electrons. The number of carbonyl (C=O) groups is 2. The Kier molecular flexibility index (Phi) is 5.56. The maximum absolute atomic E-state index is 13.2. The Balaban J connectivity index is 1.37. The third kappa shape index (κ3) is 4.48. The second-order valence-electron chi connectivity index (χ2n) is 9.90. The van der Waals surface area contributed by atoms with Gasteiger partial charge in [0.05, 0.1) is 21.9 Å². The van der Waals surface area contributed by atoms with Gasteiger partial charge in [0, 0.05) is 18.1 Å². The smallest absolute Gasteiger partial charge is 0.287 e. The van der Waals surface area contributed by atoms with Gasteiger partial charge < -0.3 is 9.73 Å². The molecule has 1 amide bonds. The summed E-state index contributed by atoms with van der Waals surface area (Å²) in [6, 6.07) is 16.1. The topological polar surface area (TPSA) is 117 Å². The van der Waals surface area contributed by atoms with Gasteiger partial charge in [-0.15, -0.1) is 0 Å². The molecule has 3 aromatic rings. The molecule has 8 heteroatoms. The Morgan fingerprint density at radius 2 is 1.66 bits per heavy atom. The number of Topliss-reactive ketones (excluding diaryl/α,β-unsaturated/α-hetero) is 1. The number of benzene rings is 2. The van der Waals surface area contributed by atoms with Gasteiger partial charge in [-0.25, -0.2) is 8.42 Å². The molecule has 2 saturated carbocycles. The summed E-state index contributed by atoms with van der Waals surface area (Å²) in [6.07, 6.45) is 5.69. The molecule has 2 aliphatic carbocycles. The zero-order valence-corrected chi connectivity index (χ0v) is 20.3. The van der Waals surface area contributed by atoms with Crippen molar-refractivity contribution >= 4 is 32.5 Å². The molecule has 1 heterocycles. The average molecular weight is 491 g/mol. The number of nitriles is 1. The van der Waals surface area contributed by atoms with Crippen LogP contribution in [-0.4, -0.2) is 31.9 Å². The summed E-state index contributed by atoms with van der Waals surface area (Å²) in [4.78, 5) is 26.6. The highest BCUT2D eigenvalue weighted by Gasteiger charge is 2.51. The second kappa shape index (κ2) is 8.35. The van der Waals surface area contributed by atoms with Crippen LogP contribution in [0.2, 0.25) is 0 Å². The summed E-state index contributed by atoms with van der Waals surface area (Å²) >= 11 is 0. The molecule has 2 aliphatic rings. The molecule has 0 radical (unpaired) electrons. The molecule has 0 saturated heterocycles. The van der Waals surface area contributed by atoms with Crippen LogP contribution in [0.1, 0.15) is 55.5 Å². The number of nitrogens with one attached hydrogen (secondary N) is 1. The van der Waals surface area contributed by atoms with E-state index in [4.69, 9.17) is 4.42 Å². The molecule has 0 aliphatic heterocycles. The van der Waals surface area contributed by atoms with Crippen molar-refractivity contribution in [3.05, 3.63) is 54.3 Å². The second-order valence-corrected chi connectivity index (χ2v) is 11.9.